The van der Waals surface area contributed by atoms with Crippen LogP contribution in [0.25, 0.3) is 22.2 Å². The molecule has 0 saturated carbocycles. The summed E-state index contributed by atoms with van der Waals surface area (Å²) in [5.74, 6) is 2.51. The predicted octanol–water partition coefficient (Wildman–Crippen LogP) is 3.90. The van der Waals surface area contributed by atoms with Gasteiger partial charge >= 0.3 is 0 Å². The van der Waals surface area contributed by atoms with Crippen LogP contribution in [0.15, 0.2) is 29.1 Å². The number of fused-ring (bicyclic) bond motifs is 1. The van der Waals surface area contributed by atoms with E-state index in [0.29, 0.717) is 23.3 Å². The van der Waals surface area contributed by atoms with Gasteiger partial charge in [-0.3, -0.25) is 0 Å². The van der Waals surface area contributed by atoms with Gasteiger partial charge in [0.15, 0.2) is 12.2 Å². The van der Waals surface area contributed by atoms with Gasteiger partial charge in [-0.05, 0) is 30.9 Å². The summed E-state index contributed by atoms with van der Waals surface area (Å²) in [6.45, 7) is 6.37. The molecule has 3 rings (SSSR count). The molecule has 0 aliphatic rings. The normalized spacial score (nSPS) is 12.7. The van der Waals surface area contributed by atoms with Crippen LogP contribution in [0.4, 0.5) is 0 Å². The quantitative estimate of drug-likeness (QED) is 0.732. The Bertz CT molecular complexity index is 859. The van der Waals surface area contributed by atoms with Crippen LogP contribution in [-0.2, 0) is 6.42 Å². The summed E-state index contributed by atoms with van der Waals surface area (Å²) >= 11 is 0. The molecule has 0 aliphatic heterocycles. The topological polar surface area (TPSA) is 87.1 Å². The van der Waals surface area contributed by atoms with Crippen molar-refractivity contribution >= 4 is 10.9 Å². The number of benzene rings is 1. The molecular weight excluding hydrogens is 316 g/mol. The van der Waals surface area contributed by atoms with Crippen LogP contribution in [0.1, 0.15) is 44.8 Å². The highest BCUT2D eigenvalue weighted by Gasteiger charge is 2.18. The third-order valence-electron chi connectivity index (χ3n) is 4.19. The number of aryl methyl sites for hydroxylation is 1. The van der Waals surface area contributed by atoms with Gasteiger partial charge in [0.05, 0.1) is 25.0 Å². The summed E-state index contributed by atoms with van der Waals surface area (Å²) < 4.78 is 11.0. The third kappa shape index (κ3) is 3.49. The largest absolute Gasteiger partial charge is 0.494 e. The summed E-state index contributed by atoms with van der Waals surface area (Å²) in [6, 6.07) is 3.75. The fourth-order valence-electron chi connectivity index (χ4n) is 2.99. The van der Waals surface area contributed by atoms with E-state index in [9.17, 15) is 0 Å². The van der Waals surface area contributed by atoms with E-state index in [1.807, 2.05) is 12.1 Å². The zero-order valence-corrected chi connectivity index (χ0v) is 15.1. The van der Waals surface area contributed by atoms with Crippen LogP contribution in [-0.4, -0.2) is 22.1 Å². The van der Waals surface area contributed by atoms with Gasteiger partial charge in [0.1, 0.15) is 17.1 Å². The number of rotatable bonds is 6. The van der Waals surface area contributed by atoms with Crippen molar-refractivity contribution in [2.75, 3.05) is 7.11 Å². The van der Waals surface area contributed by atoms with E-state index in [2.05, 4.69) is 25.8 Å². The van der Waals surface area contributed by atoms with Gasteiger partial charge in [-0.25, -0.2) is 15.0 Å². The lowest BCUT2D eigenvalue weighted by atomic mass is 10.0. The monoisotopic (exact) mass is 340 g/mol. The first-order valence-electron chi connectivity index (χ1n) is 8.56. The van der Waals surface area contributed by atoms with E-state index in [1.54, 1.807) is 13.3 Å². The maximum absolute atomic E-state index is 6.32. The molecule has 6 nitrogen and oxygen atoms in total. The highest BCUT2D eigenvalue weighted by Crippen LogP contribution is 2.33. The lowest BCUT2D eigenvalue weighted by Gasteiger charge is -2.16. The Hall–Kier alpha value is -2.47. The first-order valence-corrected chi connectivity index (χ1v) is 8.56. The minimum Gasteiger partial charge on any atom is -0.494 e. The summed E-state index contributed by atoms with van der Waals surface area (Å²) in [4.78, 5) is 13.4. The van der Waals surface area contributed by atoms with Gasteiger partial charge in [0.25, 0.3) is 0 Å². The standard InChI is InChI=1S/C19H24N4O2/c1-5-15-13-7-12(17-9-21-10-25-17)8-16(24-4)18(13)23-19(22-15)14(20)6-11(2)3/h7-11,14H,5-6,20H2,1-4H3. The van der Waals surface area contributed by atoms with Gasteiger partial charge in [-0.15, -0.1) is 0 Å². The maximum atomic E-state index is 6.32. The molecule has 0 spiro atoms. The van der Waals surface area contributed by atoms with Crippen molar-refractivity contribution in [3.05, 3.63) is 36.2 Å². The number of oxazole rings is 1. The number of hydrogen-bond donors (Lipinski definition) is 1. The molecule has 132 valence electrons. The second-order valence-corrected chi connectivity index (χ2v) is 6.56. The molecule has 2 N–H and O–H groups in total. The highest BCUT2D eigenvalue weighted by molar-refractivity contribution is 5.90. The molecule has 0 fully saturated rings. The lowest BCUT2D eigenvalue weighted by molar-refractivity contribution is 0.418. The van der Waals surface area contributed by atoms with E-state index in [-0.39, 0.29) is 6.04 Å². The first kappa shape index (κ1) is 17.4. The van der Waals surface area contributed by atoms with Gasteiger partial charge < -0.3 is 14.9 Å². The van der Waals surface area contributed by atoms with Gasteiger partial charge in [0.2, 0.25) is 0 Å². The number of aromatic nitrogens is 3. The van der Waals surface area contributed by atoms with Crippen molar-refractivity contribution in [1.29, 1.82) is 0 Å². The number of nitrogens with two attached hydrogens (primary N) is 1. The molecule has 1 atom stereocenters. The number of nitrogens with zero attached hydrogens (tertiary/aromatic N) is 3. The molecule has 0 radical (unpaired) electrons. The van der Waals surface area contributed by atoms with Crippen molar-refractivity contribution < 1.29 is 9.15 Å². The Morgan fingerprint density at radius 1 is 1.24 bits per heavy atom. The summed E-state index contributed by atoms with van der Waals surface area (Å²) in [5.41, 5.74) is 8.95. The van der Waals surface area contributed by atoms with Crippen LogP contribution < -0.4 is 10.5 Å². The lowest BCUT2D eigenvalue weighted by Crippen LogP contribution is -2.17. The van der Waals surface area contributed by atoms with Crippen LogP contribution in [0.2, 0.25) is 0 Å². The summed E-state index contributed by atoms with van der Waals surface area (Å²) in [7, 11) is 1.64. The van der Waals surface area contributed by atoms with Crippen molar-refractivity contribution in [2.45, 2.75) is 39.7 Å². The molecule has 0 aliphatic carbocycles. The molecule has 2 aromatic heterocycles. The smallest absolute Gasteiger partial charge is 0.181 e. The molecule has 2 heterocycles. The highest BCUT2D eigenvalue weighted by atomic mass is 16.5. The Morgan fingerprint density at radius 3 is 2.64 bits per heavy atom. The third-order valence-corrected chi connectivity index (χ3v) is 4.19. The zero-order chi connectivity index (χ0) is 18.0. The second kappa shape index (κ2) is 7.19. The maximum Gasteiger partial charge on any atom is 0.181 e. The van der Waals surface area contributed by atoms with Gasteiger partial charge in [0, 0.05) is 10.9 Å². The van der Waals surface area contributed by atoms with E-state index in [0.717, 1.165) is 35.0 Å². The molecule has 3 aromatic rings. The molecule has 0 bridgehead atoms. The van der Waals surface area contributed by atoms with Gasteiger partial charge in [-0.1, -0.05) is 20.8 Å². The summed E-state index contributed by atoms with van der Waals surface area (Å²) in [5, 5.41) is 0.953. The SMILES string of the molecule is CCc1nc(C(N)CC(C)C)nc2c(OC)cc(-c3cnco3)cc12. The average Bonchev–Trinajstić information content (AvgIpc) is 3.13. The fraction of sp³-hybridized carbons (Fsp3) is 0.421. The molecule has 1 aromatic carbocycles. The van der Waals surface area contributed by atoms with Crippen LogP contribution >= 0.6 is 0 Å². The van der Waals surface area contributed by atoms with Gasteiger partial charge in [-0.2, -0.15) is 0 Å². The average molecular weight is 340 g/mol. The van der Waals surface area contributed by atoms with Crippen molar-refractivity contribution in [3.8, 4) is 17.1 Å². The van der Waals surface area contributed by atoms with E-state index >= 15 is 0 Å². The Kier molecular flexibility index (Phi) is 4.99. The van der Waals surface area contributed by atoms with E-state index in [4.69, 9.17) is 24.9 Å². The molecule has 0 saturated heterocycles. The minimum absolute atomic E-state index is 0.187. The van der Waals surface area contributed by atoms with Crippen molar-refractivity contribution in [2.24, 2.45) is 11.7 Å². The molecule has 25 heavy (non-hydrogen) atoms. The van der Waals surface area contributed by atoms with E-state index in [1.165, 1.54) is 6.39 Å². The number of hydrogen-bond acceptors (Lipinski definition) is 6. The molecule has 6 heteroatoms. The molecule has 0 amide bonds. The predicted molar refractivity (Wildman–Crippen MR) is 97.3 cm³/mol. The Balaban J connectivity index is 2.19. The number of ether oxygens (including phenoxy) is 1. The number of methoxy groups -OCH3 is 1. The molecular formula is C19H24N4O2. The first-order chi connectivity index (χ1) is 12.0. The zero-order valence-electron chi connectivity index (χ0n) is 15.1. The van der Waals surface area contributed by atoms with Crippen molar-refractivity contribution in [3.63, 3.8) is 0 Å². The van der Waals surface area contributed by atoms with Crippen molar-refractivity contribution in [1.82, 2.24) is 15.0 Å². The van der Waals surface area contributed by atoms with Crippen LogP contribution in [0.5, 0.6) is 5.75 Å². The van der Waals surface area contributed by atoms with Crippen LogP contribution in [0.3, 0.4) is 0 Å². The van der Waals surface area contributed by atoms with E-state index < -0.39 is 0 Å². The fourth-order valence-corrected chi connectivity index (χ4v) is 2.99. The minimum atomic E-state index is -0.187. The van der Waals surface area contributed by atoms with Crippen LogP contribution in [0, 0.1) is 5.92 Å². The second-order valence-electron chi connectivity index (χ2n) is 6.56. The Labute approximate surface area is 147 Å². The Morgan fingerprint density at radius 2 is 2.04 bits per heavy atom. The molecule has 1 unspecified atom stereocenters. The summed E-state index contributed by atoms with van der Waals surface area (Å²) in [6.07, 6.45) is 4.72.